The van der Waals surface area contributed by atoms with Crippen molar-refractivity contribution in [2.75, 3.05) is 25.5 Å². The summed E-state index contributed by atoms with van der Waals surface area (Å²) in [6, 6.07) is 2.93. The third-order valence-corrected chi connectivity index (χ3v) is 4.22. The molecule has 0 aromatic heterocycles. The van der Waals surface area contributed by atoms with Gasteiger partial charge in [-0.05, 0) is 37.1 Å². The van der Waals surface area contributed by atoms with E-state index in [0.717, 1.165) is 25.1 Å². The molecule has 2 amide bonds. The molecule has 0 bridgehead atoms. The predicted octanol–water partition coefficient (Wildman–Crippen LogP) is 1.57. The molecular formula is C15H19ClFN3O2. The topological polar surface area (TPSA) is 61.4 Å². The first kappa shape index (κ1) is 16.7. The highest BCUT2D eigenvalue weighted by Gasteiger charge is 2.27. The number of rotatable bonds is 2. The number of halogens is 2. The lowest BCUT2D eigenvalue weighted by molar-refractivity contribution is -0.116. The molecular weight excluding hydrogens is 309 g/mol. The van der Waals surface area contributed by atoms with Crippen molar-refractivity contribution in [2.24, 2.45) is 0 Å². The Morgan fingerprint density at radius 3 is 2.82 bits per heavy atom. The van der Waals surface area contributed by atoms with E-state index in [4.69, 9.17) is 0 Å². The van der Waals surface area contributed by atoms with Crippen LogP contribution in [0.1, 0.15) is 28.8 Å². The van der Waals surface area contributed by atoms with Crippen molar-refractivity contribution in [3.8, 4) is 0 Å². The number of benzene rings is 1. The van der Waals surface area contributed by atoms with E-state index in [0.29, 0.717) is 18.5 Å². The number of fused-ring (bicyclic) bond motifs is 1. The van der Waals surface area contributed by atoms with Gasteiger partial charge in [-0.1, -0.05) is 0 Å². The second kappa shape index (κ2) is 6.62. The van der Waals surface area contributed by atoms with Crippen LogP contribution in [0.5, 0.6) is 0 Å². The lowest BCUT2D eigenvalue weighted by Crippen LogP contribution is -2.38. The molecule has 2 N–H and O–H groups in total. The number of nitrogens with zero attached hydrogens (tertiary/aromatic N) is 1. The molecule has 1 aromatic carbocycles. The number of amides is 2. The quantitative estimate of drug-likeness (QED) is 0.866. The molecule has 7 heteroatoms. The maximum atomic E-state index is 14.2. The Balaban J connectivity index is 0.00000176. The fourth-order valence-electron chi connectivity index (χ4n) is 2.89. The summed E-state index contributed by atoms with van der Waals surface area (Å²) >= 11 is 0. The summed E-state index contributed by atoms with van der Waals surface area (Å²) in [5, 5.41) is 5.83. The second-order valence-corrected chi connectivity index (χ2v) is 5.60. The Bertz CT molecular complexity index is 603. The van der Waals surface area contributed by atoms with Gasteiger partial charge in [0.25, 0.3) is 5.91 Å². The number of anilines is 1. The Morgan fingerprint density at radius 2 is 2.14 bits per heavy atom. The van der Waals surface area contributed by atoms with Crippen molar-refractivity contribution >= 4 is 29.9 Å². The van der Waals surface area contributed by atoms with Crippen molar-refractivity contribution in [1.82, 2.24) is 10.2 Å². The van der Waals surface area contributed by atoms with Crippen LogP contribution in [-0.2, 0) is 11.2 Å². The maximum Gasteiger partial charge on any atom is 0.256 e. The van der Waals surface area contributed by atoms with Gasteiger partial charge < -0.3 is 15.5 Å². The minimum Gasteiger partial charge on any atom is -0.337 e. The molecule has 2 aliphatic rings. The molecule has 0 radical (unpaired) electrons. The van der Waals surface area contributed by atoms with E-state index in [1.807, 2.05) is 0 Å². The molecule has 1 saturated heterocycles. The molecule has 5 nitrogen and oxygen atoms in total. The van der Waals surface area contributed by atoms with Crippen LogP contribution in [0.3, 0.4) is 0 Å². The maximum absolute atomic E-state index is 14.2. The number of likely N-dealkylation sites (N-methyl/N-ethyl adjacent to an activating group) is 1. The van der Waals surface area contributed by atoms with Crippen LogP contribution in [0.2, 0.25) is 0 Å². The normalized spacial score (nSPS) is 19.9. The number of carbonyl (C=O) groups is 2. The van der Waals surface area contributed by atoms with Gasteiger partial charge in [0.1, 0.15) is 5.82 Å². The first-order valence-corrected chi connectivity index (χ1v) is 7.16. The molecule has 0 spiro atoms. The van der Waals surface area contributed by atoms with Gasteiger partial charge in [-0.15, -0.1) is 12.4 Å². The summed E-state index contributed by atoms with van der Waals surface area (Å²) in [5.41, 5.74) is 1.38. The summed E-state index contributed by atoms with van der Waals surface area (Å²) in [7, 11) is 1.71. The van der Waals surface area contributed by atoms with E-state index >= 15 is 0 Å². The zero-order valence-corrected chi connectivity index (χ0v) is 13.1. The highest BCUT2D eigenvalue weighted by molar-refractivity contribution is 5.98. The Morgan fingerprint density at radius 1 is 1.36 bits per heavy atom. The fourth-order valence-corrected chi connectivity index (χ4v) is 2.89. The first-order valence-electron chi connectivity index (χ1n) is 7.16. The van der Waals surface area contributed by atoms with Gasteiger partial charge in [-0.2, -0.15) is 0 Å². The molecule has 120 valence electrons. The van der Waals surface area contributed by atoms with Gasteiger partial charge in [0.15, 0.2) is 0 Å². The van der Waals surface area contributed by atoms with Gasteiger partial charge in [0.2, 0.25) is 5.91 Å². The second-order valence-electron chi connectivity index (χ2n) is 5.60. The summed E-state index contributed by atoms with van der Waals surface area (Å²) < 4.78 is 14.2. The van der Waals surface area contributed by atoms with Gasteiger partial charge in [-0.25, -0.2) is 4.39 Å². The first-order chi connectivity index (χ1) is 10.1. The van der Waals surface area contributed by atoms with Crippen LogP contribution in [0, 0.1) is 5.82 Å². The lowest BCUT2D eigenvalue weighted by Gasteiger charge is -2.25. The highest BCUT2D eigenvalue weighted by atomic mass is 35.5. The Hall–Kier alpha value is -1.66. The molecule has 3 rings (SSSR count). The standard InChI is InChI=1S/C15H18FN3O2.ClH/c1-19(10-4-5-17-8-10)15(21)11-6-9-2-3-14(20)18-13(9)7-12(11)16;/h6-7,10,17H,2-5,8H2,1H3,(H,18,20);1H. The molecule has 0 saturated carbocycles. The molecule has 2 heterocycles. The van der Waals surface area contributed by atoms with Gasteiger partial charge in [0, 0.05) is 31.7 Å². The third kappa shape index (κ3) is 3.08. The molecule has 1 atom stereocenters. The van der Waals surface area contributed by atoms with Gasteiger partial charge in [0.05, 0.1) is 5.56 Å². The molecule has 1 aromatic rings. The number of carbonyl (C=O) groups excluding carboxylic acids is 2. The van der Waals surface area contributed by atoms with Crippen molar-refractivity contribution in [1.29, 1.82) is 0 Å². The summed E-state index contributed by atoms with van der Waals surface area (Å²) in [6.45, 7) is 1.62. The Kier molecular flexibility index (Phi) is 5.03. The SMILES string of the molecule is CN(C(=O)c1cc2c(cc1F)NC(=O)CC2)C1CCNC1.Cl. The van der Waals surface area contributed by atoms with Crippen LogP contribution in [0.4, 0.5) is 10.1 Å². The average molecular weight is 328 g/mol. The van der Waals surface area contributed by atoms with Crippen LogP contribution < -0.4 is 10.6 Å². The van der Waals surface area contributed by atoms with Gasteiger partial charge in [-0.3, -0.25) is 9.59 Å². The summed E-state index contributed by atoms with van der Waals surface area (Å²) in [4.78, 5) is 25.4. The van der Waals surface area contributed by atoms with E-state index in [1.165, 1.54) is 6.07 Å². The minimum atomic E-state index is -0.584. The van der Waals surface area contributed by atoms with Crippen LogP contribution in [0.25, 0.3) is 0 Å². The summed E-state index contributed by atoms with van der Waals surface area (Å²) in [6.07, 6.45) is 1.79. The number of nitrogens with one attached hydrogen (secondary N) is 2. The lowest BCUT2D eigenvalue weighted by atomic mass is 9.99. The van der Waals surface area contributed by atoms with Crippen LogP contribution >= 0.6 is 12.4 Å². The van der Waals surface area contributed by atoms with Crippen molar-refractivity contribution < 1.29 is 14.0 Å². The predicted molar refractivity (Wildman–Crippen MR) is 84.0 cm³/mol. The zero-order chi connectivity index (χ0) is 15.0. The van der Waals surface area contributed by atoms with Crippen LogP contribution in [0.15, 0.2) is 12.1 Å². The summed E-state index contributed by atoms with van der Waals surface area (Å²) in [5.74, 6) is -1.00. The van der Waals surface area contributed by atoms with Crippen molar-refractivity contribution in [2.45, 2.75) is 25.3 Å². The highest BCUT2D eigenvalue weighted by Crippen LogP contribution is 2.27. The fraction of sp³-hybridized carbons (Fsp3) is 0.467. The van der Waals surface area contributed by atoms with Crippen molar-refractivity contribution in [3.05, 3.63) is 29.1 Å². The minimum absolute atomic E-state index is 0. The van der Waals surface area contributed by atoms with Crippen LogP contribution in [-0.4, -0.2) is 42.9 Å². The monoisotopic (exact) mass is 327 g/mol. The zero-order valence-electron chi connectivity index (χ0n) is 12.3. The Labute approximate surface area is 134 Å². The van der Waals surface area contributed by atoms with E-state index < -0.39 is 5.82 Å². The molecule has 1 unspecified atom stereocenters. The molecule has 1 fully saturated rings. The van der Waals surface area contributed by atoms with E-state index in [-0.39, 0.29) is 35.8 Å². The molecule has 2 aliphatic heterocycles. The van der Waals surface area contributed by atoms with E-state index in [1.54, 1.807) is 18.0 Å². The smallest absolute Gasteiger partial charge is 0.256 e. The number of hydrogen-bond donors (Lipinski definition) is 2. The largest absolute Gasteiger partial charge is 0.337 e. The number of hydrogen-bond acceptors (Lipinski definition) is 3. The molecule has 22 heavy (non-hydrogen) atoms. The third-order valence-electron chi connectivity index (χ3n) is 4.22. The van der Waals surface area contributed by atoms with Gasteiger partial charge >= 0.3 is 0 Å². The van der Waals surface area contributed by atoms with E-state index in [2.05, 4.69) is 10.6 Å². The molecule has 0 aliphatic carbocycles. The number of aryl methyl sites for hydroxylation is 1. The average Bonchev–Trinajstić information content (AvgIpc) is 2.99. The van der Waals surface area contributed by atoms with Crippen molar-refractivity contribution in [3.63, 3.8) is 0 Å². The van der Waals surface area contributed by atoms with E-state index in [9.17, 15) is 14.0 Å².